The molecule has 0 fully saturated rings. The lowest BCUT2D eigenvalue weighted by molar-refractivity contribution is -0.139. The summed E-state index contributed by atoms with van der Waals surface area (Å²) >= 11 is 0. The zero-order valence-electron chi connectivity index (χ0n) is 9.89. The largest absolute Gasteiger partial charge is 0.511 e. The molecule has 0 radical (unpaired) electrons. The van der Waals surface area contributed by atoms with E-state index in [0.717, 1.165) is 0 Å². The number of carbonyl (C=O) groups excluding carboxylic acids is 1. The first kappa shape index (κ1) is 15.6. The molecular formula is C10H16F3NO3. The summed E-state index contributed by atoms with van der Waals surface area (Å²) in [5, 5.41) is 10.9. The quantitative estimate of drug-likeness (QED) is 0.762. The average Bonchev–Trinajstić information content (AvgIpc) is 1.95. The highest BCUT2D eigenvalue weighted by atomic mass is 19.4. The van der Waals surface area contributed by atoms with Crippen LogP contribution in [0.5, 0.6) is 0 Å². The van der Waals surface area contributed by atoms with Crippen molar-refractivity contribution in [2.75, 3.05) is 0 Å². The molecule has 2 N–H and O–H groups in total. The van der Waals surface area contributed by atoms with Crippen LogP contribution in [-0.2, 0) is 4.74 Å². The fraction of sp³-hybridized carbons (Fsp3) is 0.700. The van der Waals surface area contributed by atoms with Gasteiger partial charge in [0.25, 0.3) is 0 Å². The van der Waals surface area contributed by atoms with Crippen molar-refractivity contribution in [2.24, 2.45) is 0 Å². The Bertz CT molecular complexity index is 294. The Morgan fingerprint density at radius 3 is 2.18 bits per heavy atom. The monoisotopic (exact) mass is 255 g/mol. The molecule has 100 valence electrons. The van der Waals surface area contributed by atoms with Crippen molar-refractivity contribution in [2.45, 2.75) is 45.0 Å². The molecule has 0 aromatic heterocycles. The Labute approximate surface area is 97.4 Å². The van der Waals surface area contributed by atoms with E-state index in [0.29, 0.717) is 0 Å². The number of alkyl carbamates (subject to hydrolysis) is 1. The molecule has 0 aliphatic rings. The van der Waals surface area contributed by atoms with Crippen molar-refractivity contribution >= 4 is 6.09 Å². The fourth-order valence-corrected chi connectivity index (χ4v) is 0.933. The molecule has 1 atom stereocenters. The van der Waals surface area contributed by atoms with E-state index in [-0.39, 0.29) is 0 Å². The van der Waals surface area contributed by atoms with Crippen molar-refractivity contribution in [1.82, 2.24) is 5.32 Å². The third-order valence-corrected chi connectivity index (χ3v) is 1.53. The summed E-state index contributed by atoms with van der Waals surface area (Å²) in [6, 6.07) is -1.61. The molecule has 0 aliphatic heterocycles. The van der Waals surface area contributed by atoms with Crippen LogP contribution in [-0.4, -0.2) is 29.0 Å². The van der Waals surface area contributed by atoms with E-state index in [2.05, 4.69) is 6.58 Å². The average molecular weight is 255 g/mol. The molecule has 7 heteroatoms. The van der Waals surface area contributed by atoms with E-state index in [9.17, 15) is 18.0 Å². The number of carbonyl (C=O) groups is 1. The molecule has 1 unspecified atom stereocenters. The predicted octanol–water partition coefficient (Wildman–Crippen LogP) is 2.90. The third kappa shape index (κ3) is 8.41. The zero-order valence-corrected chi connectivity index (χ0v) is 9.89. The second-order valence-electron chi connectivity index (χ2n) is 4.51. The summed E-state index contributed by atoms with van der Waals surface area (Å²) in [5.74, 6) is -0.770. The Morgan fingerprint density at radius 2 is 1.88 bits per heavy atom. The number of aliphatic hydroxyl groups excluding tert-OH is 1. The van der Waals surface area contributed by atoms with E-state index in [1.807, 2.05) is 5.32 Å². The number of halogens is 3. The minimum absolute atomic E-state index is 0.770. The van der Waals surface area contributed by atoms with Crippen molar-refractivity contribution in [3.63, 3.8) is 0 Å². The number of nitrogens with one attached hydrogen (secondary N) is 1. The maximum Gasteiger partial charge on any atom is 0.408 e. The minimum atomic E-state index is -4.52. The number of aliphatic hydroxyl groups is 1. The number of rotatable bonds is 3. The number of hydrogen-bond donors (Lipinski definition) is 2. The maximum absolute atomic E-state index is 12.1. The van der Waals surface area contributed by atoms with Gasteiger partial charge in [0.05, 0.1) is 12.5 Å². The Morgan fingerprint density at radius 1 is 1.41 bits per heavy atom. The Kier molecular flexibility index (Phi) is 4.85. The van der Waals surface area contributed by atoms with Gasteiger partial charge >= 0.3 is 12.3 Å². The van der Waals surface area contributed by atoms with Gasteiger partial charge in [0.2, 0.25) is 0 Å². The second-order valence-corrected chi connectivity index (χ2v) is 4.51. The summed E-state index contributed by atoms with van der Waals surface area (Å²) in [6.45, 7) is 7.68. The Balaban J connectivity index is 4.47. The van der Waals surface area contributed by atoms with Crippen LogP contribution in [0.25, 0.3) is 0 Å². The standard InChI is InChI=1S/C10H16F3NO3/c1-6(15)7(5-10(11,12)13)14-8(16)17-9(2,3)4/h7,15H,1,5H2,2-4H3,(H,14,16). The fourth-order valence-electron chi connectivity index (χ4n) is 0.933. The first-order chi connectivity index (χ1) is 7.41. The van der Waals surface area contributed by atoms with Gasteiger partial charge in [-0.25, -0.2) is 4.79 Å². The highest BCUT2D eigenvalue weighted by molar-refractivity contribution is 5.68. The van der Waals surface area contributed by atoms with E-state index >= 15 is 0 Å². The van der Waals surface area contributed by atoms with Gasteiger partial charge in [-0.15, -0.1) is 0 Å². The predicted molar refractivity (Wildman–Crippen MR) is 55.6 cm³/mol. The summed E-state index contributed by atoms with van der Waals surface area (Å²) in [6.07, 6.45) is -6.96. The third-order valence-electron chi connectivity index (χ3n) is 1.53. The van der Waals surface area contributed by atoms with Crippen molar-refractivity contribution < 1.29 is 27.8 Å². The van der Waals surface area contributed by atoms with Crippen LogP contribution in [0.3, 0.4) is 0 Å². The Hall–Kier alpha value is -1.40. The molecule has 0 aliphatic carbocycles. The van der Waals surface area contributed by atoms with Crippen LogP contribution in [0.15, 0.2) is 12.3 Å². The number of alkyl halides is 3. The summed E-state index contributed by atoms with van der Waals surface area (Å²) in [7, 11) is 0. The van der Waals surface area contributed by atoms with Gasteiger partial charge < -0.3 is 15.2 Å². The van der Waals surface area contributed by atoms with Crippen molar-refractivity contribution in [3.05, 3.63) is 12.3 Å². The van der Waals surface area contributed by atoms with Gasteiger partial charge in [0, 0.05) is 0 Å². The van der Waals surface area contributed by atoms with Gasteiger partial charge in [0.1, 0.15) is 11.4 Å². The van der Waals surface area contributed by atoms with Crippen LogP contribution >= 0.6 is 0 Å². The highest BCUT2D eigenvalue weighted by Crippen LogP contribution is 2.23. The highest BCUT2D eigenvalue weighted by Gasteiger charge is 2.34. The van der Waals surface area contributed by atoms with Crippen molar-refractivity contribution in [1.29, 1.82) is 0 Å². The molecule has 0 spiro atoms. The van der Waals surface area contributed by atoms with Crippen LogP contribution < -0.4 is 5.32 Å². The minimum Gasteiger partial charge on any atom is -0.511 e. The molecule has 0 heterocycles. The lowest BCUT2D eigenvalue weighted by Gasteiger charge is -2.23. The molecule has 1 amide bonds. The number of ether oxygens (including phenoxy) is 1. The lowest BCUT2D eigenvalue weighted by atomic mass is 10.2. The SMILES string of the molecule is C=C(O)C(CC(F)(F)F)NC(=O)OC(C)(C)C. The number of hydrogen-bond acceptors (Lipinski definition) is 3. The summed E-state index contributed by atoms with van der Waals surface area (Å²) in [4.78, 5) is 11.2. The molecule has 0 aromatic carbocycles. The zero-order chi connectivity index (χ0) is 13.9. The van der Waals surface area contributed by atoms with Gasteiger partial charge in [0.15, 0.2) is 0 Å². The summed E-state index contributed by atoms with van der Waals surface area (Å²) in [5.41, 5.74) is -0.830. The van der Waals surface area contributed by atoms with E-state index < -0.39 is 36.1 Å². The molecule has 4 nitrogen and oxygen atoms in total. The first-order valence-corrected chi connectivity index (χ1v) is 4.85. The molecule has 0 saturated carbocycles. The van der Waals surface area contributed by atoms with Crippen LogP contribution in [0, 0.1) is 0 Å². The topological polar surface area (TPSA) is 58.6 Å². The summed E-state index contributed by atoms with van der Waals surface area (Å²) < 4.78 is 41.1. The normalized spacial score (nSPS) is 14.0. The lowest BCUT2D eigenvalue weighted by Crippen LogP contribution is -2.42. The van der Waals surface area contributed by atoms with E-state index in [1.165, 1.54) is 0 Å². The molecule has 17 heavy (non-hydrogen) atoms. The molecule has 0 rings (SSSR count). The molecule has 0 saturated heterocycles. The smallest absolute Gasteiger partial charge is 0.408 e. The molecular weight excluding hydrogens is 239 g/mol. The molecule has 0 bridgehead atoms. The maximum atomic E-state index is 12.1. The first-order valence-electron chi connectivity index (χ1n) is 4.85. The van der Waals surface area contributed by atoms with Crippen LogP contribution in [0.4, 0.5) is 18.0 Å². The van der Waals surface area contributed by atoms with Crippen molar-refractivity contribution in [3.8, 4) is 0 Å². The van der Waals surface area contributed by atoms with E-state index in [1.54, 1.807) is 20.8 Å². The number of amides is 1. The van der Waals surface area contributed by atoms with Crippen LogP contribution in [0.2, 0.25) is 0 Å². The van der Waals surface area contributed by atoms with Gasteiger partial charge in [-0.3, -0.25) is 0 Å². The van der Waals surface area contributed by atoms with Gasteiger partial charge in [-0.2, -0.15) is 13.2 Å². The second kappa shape index (κ2) is 5.29. The van der Waals surface area contributed by atoms with Gasteiger partial charge in [-0.1, -0.05) is 6.58 Å². The molecule has 0 aromatic rings. The van der Waals surface area contributed by atoms with Crippen LogP contribution in [0.1, 0.15) is 27.2 Å². The van der Waals surface area contributed by atoms with Gasteiger partial charge in [-0.05, 0) is 20.8 Å². The van der Waals surface area contributed by atoms with E-state index in [4.69, 9.17) is 9.84 Å².